The Balaban J connectivity index is 1.79. The summed E-state index contributed by atoms with van der Waals surface area (Å²) < 4.78 is 4.67. The van der Waals surface area contributed by atoms with Crippen LogP contribution in [0.4, 0.5) is 4.79 Å². The molecular weight excluding hydrogens is 457 g/mol. The first-order valence-corrected chi connectivity index (χ1v) is 12.2. The SMILES string of the molecule is CBc1ccc(C2CNC([C@H](CNC(=O)c3ccccc3)NC(=O)[C@@H](NC(=O)OC)C(C)C)=N2)cc1. The summed E-state index contributed by atoms with van der Waals surface area (Å²) in [5.41, 5.74) is 2.84. The second kappa shape index (κ2) is 12.8. The molecule has 36 heavy (non-hydrogen) atoms. The summed E-state index contributed by atoms with van der Waals surface area (Å²) >= 11 is 0. The van der Waals surface area contributed by atoms with Gasteiger partial charge < -0.3 is 26.0 Å². The Morgan fingerprint density at radius 2 is 1.78 bits per heavy atom. The Hall–Kier alpha value is -3.82. The van der Waals surface area contributed by atoms with Crippen molar-refractivity contribution in [2.75, 3.05) is 20.2 Å². The van der Waals surface area contributed by atoms with Gasteiger partial charge in [-0.25, -0.2) is 4.79 Å². The number of aliphatic imine (C=N–C) groups is 1. The molecule has 1 unspecified atom stereocenters. The number of amidine groups is 1. The molecule has 0 saturated carbocycles. The molecule has 2 aromatic carbocycles. The summed E-state index contributed by atoms with van der Waals surface area (Å²) in [7, 11) is 2.21. The largest absolute Gasteiger partial charge is 0.453 e. The Labute approximate surface area is 212 Å². The molecule has 0 saturated heterocycles. The highest BCUT2D eigenvalue weighted by Crippen LogP contribution is 2.20. The number of carbonyl (C=O) groups excluding carboxylic acids is 3. The van der Waals surface area contributed by atoms with Crippen LogP contribution in [0.15, 0.2) is 59.6 Å². The van der Waals surface area contributed by atoms with Crippen LogP contribution in [0, 0.1) is 5.92 Å². The van der Waals surface area contributed by atoms with Crippen LogP contribution in [0.3, 0.4) is 0 Å². The fourth-order valence-electron chi connectivity index (χ4n) is 3.93. The van der Waals surface area contributed by atoms with Crippen LogP contribution in [0.25, 0.3) is 0 Å². The molecule has 0 bridgehead atoms. The molecule has 1 aliphatic heterocycles. The van der Waals surface area contributed by atoms with Gasteiger partial charge in [-0.2, -0.15) is 0 Å². The van der Waals surface area contributed by atoms with Crippen molar-refractivity contribution in [3.8, 4) is 0 Å². The maximum Gasteiger partial charge on any atom is 0.407 e. The number of nitrogens with one attached hydrogen (secondary N) is 4. The smallest absolute Gasteiger partial charge is 0.407 e. The average molecular weight is 491 g/mol. The van der Waals surface area contributed by atoms with Crippen LogP contribution >= 0.6 is 0 Å². The number of nitrogens with zero attached hydrogens (tertiary/aromatic N) is 1. The van der Waals surface area contributed by atoms with Crippen LogP contribution in [-0.2, 0) is 9.53 Å². The molecule has 4 N–H and O–H groups in total. The number of carbonyl (C=O) groups is 3. The van der Waals surface area contributed by atoms with E-state index in [0.717, 1.165) is 12.8 Å². The Morgan fingerprint density at radius 1 is 1.08 bits per heavy atom. The lowest BCUT2D eigenvalue weighted by Gasteiger charge is -2.25. The van der Waals surface area contributed by atoms with Gasteiger partial charge in [0.25, 0.3) is 5.91 Å². The Morgan fingerprint density at radius 3 is 2.39 bits per heavy atom. The van der Waals surface area contributed by atoms with Gasteiger partial charge in [0.1, 0.15) is 17.9 Å². The second-order valence-corrected chi connectivity index (χ2v) is 9.00. The third-order valence-corrected chi connectivity index (χ3v) is 6.10. The van der Waals surface area contributed by atoms with Crippen LogP contribution in [-0.4, -0.2) is 63.3 Å². The number of amides is 3. The number of methoxy groups -OCH3 is 1. The van der Waals surface area contributed by atoms with Gasteiger partial charge in [-0.1, -0.05) is 68.6 Å². The molecule has 3 atom stereocenters. The van der Waals surface area contributed by atoms with E-state index in [1.165, 1.54) is 12.6 Å². The normalized spacial score (nSPS) is 16.2. The number of hydrogen-bond donors (Lipinski definition) is 4. The number of rotatable bonds is 10. The van der Waals surface area contributed by atoms with Crippen LogP contribution in [0.5, 0.6) is 0 Å². The third kappa shape index (κ3) is 7.10. The van der Waals surface area contributed by atoms with Crippen molar-refractivity contribution in [3.63, 3.8) is 0 Å². The molecule has 10 heteroatoms. The summed E-state index contributed by atoms with van der Waals surface area (Å²) in [4.78, 5) is 42.4. The molecule has 0 spiro atoms. The maximum absolute atomic E-state index is 13.2. The van der Waals surface area contributed by atoms with Crippen molar-refractivity contribution < 1.29 is 19.1 Å². The highest BCUT2D eigenvalue weighted by atomic mass is 16.5. The molecule has 0 radical (unpaired) electrons. The minimum absolute atomic E-state index is 0.107. The van der Waals surface area contributed by atoms with E-state index in [2.05, 4.69) is 57.1 Å². The lowest BCUT2D eigenvalue weighted by molar-refractivity contribution is -0.124. The Bertz CT molecular complexity index is 1080. The van der Waals surface area contributed by atoms with Crippen LogP contribution in [0.2, 0.25) is 6.82 Å². The molecule has 0 fully saturated rings. The van der Waals surface area contributed by atoms with E-state index in [4.69, 9.17) is 4.99 Å². The number of ether oxygens (including phenoxy) is 1. The fourth-order valence-corrected chi connectivity index (χ4v) is 3.93. The topological polar surface area (TPSA) is 121 Å². The predicted octanol–water partition coefficient (Wildman–Crippen LogP) is 1.13. The monoisotopic (exact) mass is 491 g/mol. The fraction of sp³-hybridized carbons (Fsp3) is 0.385. The molecule has 1 heterocycles. The van der Waals surface area contributed by atoms with Crippen molar-refractivity contribution in [1.82, 2.24) is 21.3 Å². The lowest BCUT2D eigenvalue weighted by Crippen LogP contribution is -2.57. The summed E-state index contributed by atoms with van der Waals surface area (Å²) in [5.74, 6) is -0.267. The molecule has 1 aliphatic rings. The molecule has 3 rings (SSSR count). The van der Waals surface area contributed by atoms with Gasteiger partial charge in [-0.15, -0.1) is 0 Å². The number of hydrogen-bond acceptors (Lipinski definition) is 6. The first-order chi connectivity index (χ1) is 17.3. The van der Waals surface area contributed by atoms with Gasteiger partial charge in [0, 0.05) is 18.7 Å². The van der Waals surface area contributed by atoms with E-state index in [1.807, 2.05) is 19.9 Å². The number of benzene rings is 2. The van der Waals surface area contributed by atoms with Gasteiger partial charge in [-0.3, -0.25) is 14.6 Å². The van der Waals surface area contributed by atoms with Gasteiger partial charge in [0.15, 0.2) is 7.28 Å². The first kappa shape index (κ1) is 26.8. The lowest BCUT2D eigenvalue weighted by atomic mass is 9.73. The van der Waals surface area contributed by atoms with Crippen molar-refractivity contribution in [1.29, 1.82) is 0 Å². The summed E-state index contributed by atoms with van der Waals surface area (Å²) in [6, 6.07) is 15.6. The van der Waals surface area contributed by atoms with Crippen molar-refractivity contribution in [2.45, 2.75) is 38.8 Å². The quantitative estimate of drug-likeness (QED) is 0.372. The van der Waals surface area contributed by atoms with E-state index >= 15 is 0 Å². The van der Waals surface area contributed by atoms with Crippen molar-refractivity contribution >= 4 is 36.5 Å². The van der Waals surface area contributed by atoms with Gasteiger partial charge in [-0.05, 0) is 23.6 Å². The van der Waals surface area contributed by atoms with Gasteiger partial charge in [0.2, 0.25) is 5.91 Å². The zero-order chi connectivity index (χ0) is 26.1. The van der Waals surface area contributed by atoms with Crippen molar-refractivity contribution in [2.24, 2.45) is 10.9 Å². The van der Waals surface area contributed by atoms with E-state index in [0.29, 0.717) is 17.9 Å². The molecular formula is C26H34BN5O4. The molecule has 2 aromatic rings. The molecule has 9 nitrogen and oxygen atoms in total. The molecule has 190 valence electrons. The van der Waals surface area contributed by atoms with Crippen molar-refractivity contribution in [3.05, 3.63) is 65.7 Å². The minimum Gasteiger partial charge on any atom is -0.453 e. The summed E-state index contributed by atoms with van der Waals surface area (Å²) in [6.45, 7) is 6.46. The first-order valence-electron chi connectivity index (χ1n) is 12.2. The van der Waals surface area contributed by atoms with Crippen LogP contribution < -0.4 is 26.7 Å². The third-order valence-electron chi connectivity index (χ3n) is 6.10. The van der Waals surface area contributed by atoms with Gasteiger partial charge in [0.05, 0.1) is 13.2 Å². The zero-order valence-electron chi connectivity index (χ0n) is 21.2. The maximum atomic E-state index is 13.2. The van der Waals surface area contributed by atoms with E-state index in [1.54, 1.807) is 24.3 Å². The summed E-state index contributed by atoms with van der Waals surface area (Å²) in [6.07, 6.45) is -0.690. The summed E-state index contributed by atoms with van der Waals surface area (Å²) in [5, 5.41) is 11.7. The molecule has 3 amide bonds. The van der Waals surface area contributed by atoms with E-state index in [9.17, 15) is 14.4 Å². The van der Waals surface area contributed by atoms with Gasteiger partial charge >= 0.3 is 6.09 Å². The highest BCUT2D eigenvalue weighted by Gasteiger charge is 2.31. The zero-order valence-corrected chi connectivity index (χ0v) is 21.2. The molecule has 0 aromatic heterocycles. The average Bonchev–Trinajstić information content (AvgIpc) is 3.39. The molecule has 0 aliphatic carbocycles. The standard InChI is InChI=1S/C26H34BN5O4/c1-16(2)22(32-26(35)36-4)25(34)31-21(15-29-24(33)18-8-6-5-7-9-18)23-28-14-20(30-23)17-10-12-19(27-3)13-11-17/h5-13,16,20-22,27H,14-15H2,1-4H3,(H,28,30)(H,29,33)(H,31,34)(H,32,35)/t20?,21-,22-/m0/s1. The highest BCUT2D eigenvalue weighted by molar-refractivity contribution is 6.51. The van der Waals surface area contributed by atoms with E-state index in [-0.39, 0.29) is 24.4 Å². The second-order valence-electron chi connectivity index (χ2n) is 9.00. The predicted molar refractivity (Wildman–Crippen MR) is 142 cm³/mol. The Kier molecular flexibility index (Phi) is 9.49. The number of alkyl carbamates (subject to hydrolysis) is 1. The minimum atomic E-state index is -0.816. The van der Waals surface area contributed by atoms with E-state index < -0.39 is 24.1 Å². The van der Waals surface area contributed by atoms with Crippen LogP contribution in [0.1, 0.15) is 35.8 Å².